The maximum atomic E-state index is 13.2. The summed E-state index contributed by atoms with van der Waals surface area (Å²) in [4.78, 5) is 35.2. The minimum absolute atomic E-state index is 0.130. The number of carbonyl (C=O) groups is 1. The number of hydrogen-bond donors (Lipinski definition) is 2. The van der Waals surface area contributed by atoms with E-state index in [0.717, 1.165) is 0 Å². The number of nitrogens with one attached hydrogen (secondary N) is 2. The molecular weight excluding hydrogens is 457 g/mol. The number of rotatable bonds is 2. The fraction of sp³-hybridized carbons (Fsp3) is 0.429. The van der Waals surface area contributed by atoms with Crippen molar-refractivity contribution < 1.29 is 14.3 Å². The molecule has 0 bridgehead atoms. The lowest BCUT2D eigenvalue weighted by Crippen LogP contribution is -2.46. The molecule has 0 saturated carbocycles. The number of ether oxygens (including phenoxy) is 2. The van der Waals surface area contributed by atoms with Gasteiger partial charge in [0.15, 0.2) is 5.79 Å². The fourth-order valence-corrected chi connectivity index (χ4v) is 5.11. The van der Waals surface area contributed by atoms with Crippen molar-refractivity contribution in [2.75, 3.05) is 36.5 Å². The van der Waals surface area contributed by atoms with E-state index in [2.05, 4.69) is 15.3 Å². The van der Waals surface area contributed by atoms with E-state index in [9.17, 15) is 14.9 Å². The lowest BCUT2D eigenvalue weighted by molar-refractivity contribution is -0.169. The molecule has 1 amide bonds. The Bertz CT molecular complexity index is 1180. The van der Waals surface area contributed by atoms with Gasteiger partial charge in [0.25, 0.3) is 5.56 Å². The fourth-order valence-electron chi connectivity index (χ4n) is 4.58. The first kappa shape index (κ1) is 21.2. The van der Waals surface area contributed by atoms with Crippen LogP contribution in [0.4, 0.5) is 11.8 Å². The molecule has 0 radical (unpaired) electrons. The van der Waals surface area contributed by atoms with Gasteiger partial charge in [-0.2, -0.15) is 10.2 Å². The van der Waals surface area contributed by atoms with Crippen molar-refractivity contribution in [1.82, 2.24) is 9.97 Å². The molecule has 11 heteroatoms. The summed E-state index contributed by atoms with van der Waals surface area (Å²) in [5.74, 6) is -2.63. The third kappa shape index (κ3) is 3.53. The Morgan fingerprint density at radius 3 is 2.56 bits per heavy atom. The van der Waals surface area contributed by atoms with Gasteiger partial charge in [-0.15, -0.1) is 0 Å². The van der Waals surface area contributed by atoms with Crippen molar-refractivity contribution in [3.63, 3.8) is 0 Å². The molecule has 2 atom stereocenters. The van der Waals surface area contributed by atoms with Crippen molar-refractivity contribution in [3.8, 4) is 6.07 Å². The summed E-state index contributed by atoms with van der Waals surface area (Å²) < 4.78 is 11.5. The molecule has 1 aromatic heterocycles. The van der Waals surface area contributed by atoms with E-state index < -0.39 is 29.1 Å². The number of nitrogens with zero attached hydrogens (tertiary/aromatic N) is 3. The third-order valence-corrected chi connectivity index (χ3v) is 6.75. The second-order valence-electron chi connectivity index (χ2n) is 7.99. The molecule has 32 heavy (non-hydrogen) atoms. The molecule has 3 aliphatic rings. The van der Waals surface area contributed by atoms with E-state index in [4.69, 9.17) is 32.7 Å². The maximum Gasteiger partial charge on any atom is 0.258 e. The van der Waals surface area contributed by atoms with Gasteiger partial charge < -0.3 is 19.7 Å². The first-order valence-corrected chi connectivity index (χ1v) is 11.0. The molecule has 166 valence electrons. The summed E-state index contributed by atoms with van der Waals surface area (Å²) in [6.45, 7) is 2.30. The van der Waals surface area contributed by atoms with Crippen LogP contribution in [0.1, 0.15) is 29.9 Å². The van der Waals surface area contributed by atoms with Gasteiger partial charge in [-0.3, -0.25) is 14.6 Å². The molecule has 2 unspecified atom stereocenters. The summed E-state index contributed by atoms with van der Waals surface area (Å²) in [6.07, 6.45) is 1.28. The molecule has 3 aliphatic heterocycles. The van der Waals surface area contributed by atoms with E-state index in [1.54, 1.807) is 12.1 Å². The summed E-state index contributed by atoms with van der Waals surface area (Å²) in [6, 6.07) is 6.75. The largest absolute Gasteiger partial charge is 0.347 e. The Balaban J connectivity index is 1.53. The minimum atomic E-state index is -1.14. The van der Waals surface area contributed by atoms with Crippen LogP contribution in [-0.4, -0.2) is 48.0 Å². The number of fused-ring (bicyclic) bond motifs is 1. The number of aromatic nitrogens is 2. The van der Waals surface area contributed by atoms with Crippen LogP contribution in [0, 0.1) is 17.2 Å². The van der Waals surface area contributed by atoms with Crippen LogP contribution in [0.15, 0.2) is 23.0 Å². The van der Waals surface area contributed by atoms with Gasteiger partial charge >= 0.3 is 0 Å². The van der Waals surface area contributed by atoms with Gasteiger partial charge in [0.1, 0.15) is 11.7 Å². The number of halogens is 2. The van der Waals surface area contributed by atoms with Gasteiger partial charge in [-0.05, 0) is 17.7 Å². The number of hydrogen-bond acceptors (Lipinski definition) is 7. The highest BCUT2D eigenvalue weighted by Crippen LogP contribution is 2.41. The number of amides is 1. The lowest BCUT2D eigenvalue weighted by Gasteiger charge is -2.38. The topological polar surface area (TPSA) is 120 Å². The van der Waals surface area contributed by atoms with Crippen LogP contribution in [0.5, 0.6) is 0 Å². The standard InChI is InChI=1S/C21H19Cl2N5O4/c22-11-1-2-12(14(23)9-11)15-13(10-24)18(29)25-17-16(15)19(30)27-20(26-17)28-5-3-21(4-6-28)31-7-8-32-21/h1-2,9,13,15H,3-8H2,(H2,25,26,27,29,30). The molecule has 5 rings (SSSR count). The van der Waals surface area contributed by atoms with E-state index in [-0.39, 0.29) is 16.4 Å². The number of anilines is 2. The summed E-state index contributed by atoms with van der Waals surface area (Å²) in [7, 11) is 0. The Hall–Kier alpha value is -2.64. The SMILES string of the molecule is N#CC1C(=O)Nc2nc(N3CCC4(CC3)OCCO4)[nH]c(=O)c2C1c1ccc(Cl)cc1Cl. The van der Waals surface area contributed by atoms with E-state index in [1.807, 2.05) is 11.0 Å². The Labute approximate surface area is 193 Å². The highest BCUT2D eigenvalue weighted by atomic mass is 35.5. The van der Waals surface area contributed by atoms with E-state index in [1.165, 1.54) is 6.07 Å². The number of H-pyrrole nitrogens is 1. The number of nitriles is 1. The van der Waals surface area contributed by atoms with Gasteiger partial charge in [0.05, 0.1) is 24.8 Å². The summed E-state index contributed by atoms with van der Waals surface area (Å²) >= 11 is 12.4. The number of benzene rings is 1. The van der Waals surface area contributed by atoms with Crippen LogP contribution in [0.3, 0.4) is 0 Å². The monoisotopic (exact) mass is 475 g/mol. The first-order chi connectivity index (χ1) is 15.4. The maximum absolute atomic E-state index is 13.2. The second kappa shape index (κ2) is 8.05. The van der Waals surface area contributed by atoms with Gasteiger partial charge in [-0.25, -0.2) is 0 Å². The van der Waals surface area contributed by atoms with Crippen molar-refractivity contribution in [2.45, 2.75) is 24.5 Å². The van der Waals surface area contributed by atoms with Crippen LogP contribution >= 0.6 is 23.2 Å². The molecule has 1 spiro atoms. The zero-order chi connectivity index (χ0) is 22.5. The molecule has 2 N–H and O–H groups in total. The van der Waals surface area contributed by atoms with Gasteiger partial charge in [0, 0.05) is 41.9 Å². The smallest absolute Gasteiger partial charge is 0.258 e. The average molecular weight is 476 g/mol. The van der Waals surface area contributed by atoms with Crippen molar-refractivity contribution in [1.29, 1.82) is 5.26 Å². The van der Waals surface area contributed by atoms with Crippen LogP contribution in [-0.2, 0) is 14.3 Å². The second-order valence-corrected chi connectivity index (χ2v) is 8.83. The highest BCUT2D eigenvalue weighted by Gasteiger charge is 2.43. The lowest BCUT2D eigenvalue weighted by atomic mass is 9.79. The molecule has 0 aliphatic carbocycles. The zero-order valence-electron chi connectivity index (χ0n) is 16.9. The molecule has 4 heterocycles. The van der Waals surface area contributed by atoms with Crippen molar-refractivity contribution in [3.05, 3.63) is 49.7 Å². The summed E-state index contributed by atoms with van der Waals surface area (Å²) in [5, 5.41) is 13.0. The van der Waals surface area contributed by atoms with Crippen LogP contribution < -0.4 is 15.8 Å². The Kier molecular flexibility index (Phi) is 5.34. The molecule has 2 saturated heterocycles. The van der Waals surface area contributed by atoms with Crippen LogP contribution in [0.25, 0.3) is 0 Å². The molecular formula is C21H19Cl2N5O4. The Morgan fingerprint density at radius 2 is 1.91 bits per heavy atom. The van der Waals surface area contributed by atoms with Crippen molar-refractivity contribution in [2.24, 2.45) is 5.92 Å². The van der Waals surface area contributed by atoms with Gasteiger partial charge in [-0.1, -0.05) is 29.3 Å². The van der Waals surface area contributed by atoms with E-state index in [0.29, 0.717) is 55.7 Å². The number of piperidine rings is 1. The molecule has 1 aromatic carbocycles. The quantitative estimate of drug-likeness (QED) is 0.684. The highest BCUT2D eigenvalue weighted by molar-refractivity contribution is 6.35. The molecule has 9 nitrogen and oxygen atoms in total. The first-order valence-electron chi connectivity index (χ1n) is 10.2. The summed E-state index contributed by atoms with van der Waals surface area (Å²) in [5.41, 5.74) is 0.226. The Morgan fingerprint density at radius 1 is 1.19 bits per heavy atom. The van der Waals surface area contributed by atoms with Gasteiger partial charge in [0.2, 0.25) is 11.9 Å². The normalized spacial score (nSPS) is 24.2. The third-order valence-electron chi connectivity index (χ3n) is 6.19. The average Bonchev–Trinajstić information content (AvgIpc) is 3.21. The minimum Gasteiger partial charge on any atom is -0.347 e. The zero-order valence-corrected chi connectivity index (χ0v) is 18.4. The van der Waals surface area contributed by atoms with Crippen LogP contribution in [0.2, 0.25) is 10.0 Å². The number of aromatic amines is 1. The number of carbonyl (C=O) groups excluding carboxylic acids is 1. The predicted octanol–water partition coefficient (Wildman–Crippen LogP) is 2.64. The molecule has 2 fully saturated rings. The van der Waals surface area contributed by atoms with E-state index >= 15 is 0 Å². The van der Waals surface area contributed by atoms with Crippen molar-refractivity contribution >= 4 is 40.9 Å². The molecule has 2 aromatic rings. The predicted molar refractivity (Wildman–Crippen MR) is 117 cm³/mol.